The molecule has 0 bridgehead atoms. The lowest BCUT2D eigenvalue weighted by atomic mass is 9.71. The lowest BCUT2D eigenvalue weighted by molar-refractivity contribution is 0.173. The molecule has 24 heavy (non-hydrogen) atoms. The van der Waals surface area contributed by atoms with Crippen molar-refractivity contribution in [2.75, 3.05) is 38.0 Å². The van der Waals surface area contributed by atoms with Gasteiger partial charge in [0.15, 0.2) is 0 Å². The molecule has 0 unspecified atom stereocenters. The van der Waals surface area contributed by atoms with Gasteiger partial charge in [-0.25, -0.2) is 0 Å². The summed E-state index contributed by atoms with van der Waals surface area (Å²) in [7, 11) is 3.23. The number of nitrogens with zero attached hydrogens (tertiary/aromatic N) is 3. The molecule has 0 aliphatic heterocycles. The molecule has 2 N–H and O–H groups in total. The molecule has 1 aromatic rings. The molecular weight excluding hydrogens is 306 g/mol. The molecule has 1 aliphatic carbocycles. The Labute approximate surface area is 145 Å². The van der Waals surface area contributed by atoms with Crippen LogP contribution in [0.3, 0.4) is 0 Å². The first-order valence-corrected chi connectivity index (χ1v) is 8.71. The van der Waals surface area contributed by atoms with Gasteiger partial charge in [-0.1, -0.05) is 20.8 Å². The highest BCUT2D eigenvalue weighted by molar-refractivity contribution is 5.36. The van der Waals surface area contributed by atoms with Crippen molar-refractivity contribution in [2.24, 2.45) is 11.3 Å². The van der Waals surface area contributed by atoms with Crippen LogP contribution < -0.4 is 15.4 Å². The van der Waals surface area contributed by atoms with Crippen molar-refractivity contribution in [2.45, 2.75) is 52.5 Å². The molecule has 0 atom stereocenters. The van der Waals surface area contributed by atoms with E-state index in [4.69, 9.17) is 9.47 Å². The van der Waals surface area contributed by atoms with Crippen molar-refractivity contribution in [3.05, 3.63) is 0 Å². The van der Waals surface area contributed by atoms with Gasteiger partial charge in [0.25, 0.3) is 0 Å². The molecule has 1 aromatic heterocycles. The molecule has 1 aliphatic rings. The van der Waals surface area contributed by atoms with E-state index in [1.54, 1.807) is 14.2 Å². The summed E-state index contributed by atoms with van der Waals surface area (Å²) >= 11 is 0. The second kappa shape index (κ2) is 8.46. The van der Waals surface area contributed by atoms with Crippen molar-refractivity contribution in [1.29, 1.82) is 0 Å². The lowest BCUT2D eigenvalue weighted by Crippen LogP contribution is -2.32. The topological polar surface area (TPSA) is 81.2 Å². The van der Waals surface area contributed by atoms with Crippen molar-refractivity contribution >= 4 is 11.9 Å². The Kier molecular flexibility index (Phi) is 6.60. The minimum Gasteiger partial charge on any atom is -0.467 e. The zero-order chi connectivity index (χ0) is 17.6. The number of nitrogens with one attached hydrogen (secondary N) is 2. The van der Waals surface area contributed by atoms with Gasteiger partial charge in [0, 0.05) is 19.7 Å². The summed E-state index contributed by atoms with van der Waals surface area (Å²) in [5.41, 5.74) is 0.389. The van der Waals surface area contributed by atoms with Crippen molar-refractivity contribution in [1.82, 2.24) is 15.0 Å². The summed E-state index contributed by atoms with van der Waals surface area (Å²) < 4.78 is 10.2. The van der Waals surface area contributed by atoms with Crippen LogP contribution >= 0.6 is 0 Å². The van der Waals surface area contributed by atoms with Gasteiger partial charge in [0.2, 0.25) is 11.9 Å². The zero-order valence-corrected chi connectivity index (χ0v) is 15.6. The molecule has 136 valence electrons. The highest BCUT2D eigenvalue weighted by Crippen LogP contribution is 2.38. The highest BCUT2D eigenvalue weighted by Gasteiger charge is 2.30. The van der Waals surface area contributed by atoms with Gasteiger partial charge in [0.1, 0.15) is 0 Å². The van der Waals surface area contributed by atoms with E-state index in [2.05, 4.69) is 46.4 Å². The Bertz CT molecular complexity index is 510. The minimum atomic E-state index is 0.316. The van der Waals surface area contributed by atoms with Gasteiger partial charge in [-0.05, 0) is 37.0 Å². The number of rotatable bonds is 7. The molecule has 0 radical (unpaired) electrons. The summed E-state index contributed by atoms with van der Waals surface area (Å²) in [5, 5.41) is 6.56. The third-order valence-corrected chi connectivity index (χ3v) is 4.67. The average molecular weight is 337 g/mol. The molecule has 1 heterocycles. The lowest BCUT2D eigenvalue weighted by Gasteiger charge is -2.37. The molecule has 1 saturated carbocycles. The average Bonchev–Trinajstić information content (AvgIpc) is 2.54. The van der Waals surface area contributed by atoms with E-state index in [0.717, 1.165) is 18.8 Å². The Morgan fingerprint density at radius 1 is 1.00 bits per heavy atom. The third kappa shape index (κ3) is 5.47. The minimum absolute atomic E-state index is 0.316. The first kappa shape index (κ1) is 18.7. The van der Waals surface area contributed by atoms with Crippen LogP contribution in [0.5, 0.6) is 6.01 Å². The monoisotopic (exact) mass is 337 g/mol. The van der Waals surface area contributed by atoms with Crippen molar-refractivity contribution in [3.8, 4) is 6.01 Å². The Morgan fingerprint density at radius 2 is 1.67 bits per heavy atom. The van der Waals surface area contributed by atoms with E-state index in [1.165, 1.54) is 12.8 Å². The standard InChI is InChI=1S/C17H31N5O2/c1-17(2,3)12-6-8-13(9-7-12)19-15-20-14(18-10-11-23-4)21-16(22-15)24-5/h12-13H,6-11H2,1-5H3,(H2,18,19,20,21,22). The summed E-state index contributed by atoms with van der Waals surface area (Å²) in [6, 6.07) is 0.721. The van der Waals surface area contributed by atoms with Gasteiger partial charge in [-0.3, -0.25) is 0 Å². The van der Waals surface area contributed by atoms with Gasteiger partial charge < -0.3 is 20.1 Å². The fourth-order valence-corrected chi connectivity index (χ4v) is 3.14. The summed E-state index contributed by atoms with van der Waals surface area (Å²) in [6.45, 7) is 8.23. The predicted octanol–water partition coefficient (Wildman–Crippen LogP) is 2.96. The van der Waals surface area contributed by atoms with Crippen LogP contribution in [0.25, 0.3) is 0 Å². The number of aromatic nitrogens is 3. The van der Waals surface area contributed by atoms with E-state index >= 15 is 0 Å². The SMILES string of the molecule is COCCNc1nc(NC2CCC(C(C)(C)C)CC2)nc(OC)n1. The Hall–Kier alpha value is -1.63. The molecule has 0 spiro atoms. The van der Waals surface area contributed by atoms with Gasteiger partial charge in [-0.15, -0.1) is 0 Å². The molecule has 2 rings (SSSR count). The summed E-state index contributed by atoms with van der Waals surface area (Å²) in [5.74, 6) is 1.86. The van der Waals surface area contributed by atoms with Gasteiger partial charge in [0.05, 0.1) is 13.7 Å². The van der Waals surface area contributed by atoms with Crippen LogP contribution in [0, 0.1) is 11.3 Å². The second-order valence-corrected chi connectivity index (χ2v) is 7.45. The van der Waals surface area contributed by atoms with Crippen LogP contribution in [-0.2, 0) is 4.74 Å². The smallest absolute Gasteiger partial charge is 0.322 e. The van der Waals surface area contributed by atoms with E-state index in [1.807, 2.05) is 0 Å². The maximum atomic E-state index is 5.18. The molecule has 7 nitrogen and oxygen atoms in total. The Morgan fingerprint density at radius 3 is 2.25 bits per heavy atom. The maximum Gasteiger partial charge on any atom is 0.322 e. The van der Waals surface area contributed by atoms with E-state index in [9.17, 15) is 0 Å². The predicted molar refractivity (Wildman–Crippen MR) is 95.6 cm³/mol. The molecule has 7 heteroatoms. The molecule has 1 fully saturated rings. The third-order valence-electron chi connectivity index (χ3n) is 4.67. The van der Waals surface area contributed by atoms with E-state index in [-0.39, 0.29) is 0 Å². The number of hydrogen-bond acceptors (Lipinski definition) is 7. The normalized spacial score (nSPS) is 21.4. The first-order valence-electron chi connectivity index (χ1n) is 8.71. The molecule has 0 amide bonds. The Balaban J connectivity index is 1.95. The molecular formula is C17H31N5O2. The second-order valence-electron chi connectivity index (χ2n) is 7.45. The highest BCUT2D eigenvalue weighted by atomic mass is 16.5. The molecule has 0 saturated heterocycles. The van der Waals surface area contributed by atoms with Crippen molar-refractivity contribution < 1.29 is 9.47 Å². The van der Waals surface area contributed by atoms with Crippen LogP contribution in [0.1, 0.15) is 46.5 Å². The van der Waals surface area contributed by atoms with Crippen LogP contribution in [-0.4, -0.2) is 48.4 Å². The number of hydrogen-bond donors (Lipinski definition) is 2. The number of anilines is 2. The fraction of sp³-hybridized carbons (Fsp3) is 0.824. The zero-order valence-electron chi connectivity index (χ0n) is 15.6. The van der Waals surface area contributed by atoms with Gasteiger partial charge >= 0.3 is 6.01 Å². The van der Waals surface area contributed by atoms with E-state index < -0.39 is 0 Å². The van der Waals surface area contributed by atoms with Crippen LogP contribution in [0.2, 0.25) is 0 Å². The number of ether oxygens (including phenoxy) is 2. The van der Waals surface area contributed by atoms with Crippen LogP contribution in [0.15, 0.2) is 0 Å². The summed E-state index contributed by atoms with van der Waals surface area (Å²) in [6.07, 6.45) is 4.76. The van der Waals surface area contributed by atoms with Crippen molar-refractivity contribution in [3.63, 3.8) is 0 Å². The van der Waals surface area contributed by atoms with E-state index in [0.29, 0.717) is 42.5 Å². The first-order chi connectivity index (χ1) is 11.4. The maximum absolute atomic E-state index is 5.18. The largest absolute Gasteiger partial charge is 0.467 e. The number of methoxy groups -OCH3 is 2. The van der Waals surface area contributed by atoms with Crippen LogP contribution in [0.4, 0.5) is 11.9 Å². The van der Waals surface area contributed by atoms with Gasteiger partial charge in [-0.2, -0.15) is 15.0 Å². The fourth-order valence-electron chi connectivity index (χ4n) is 3.14. The summed E-state index contributed by atoms with van der Waals surface area (Å²) in [4.78, 5) is 13.0. The quantitative estimate of drug-likeness (QED) is 0.740. The molecule has 0 aromatic carbocycles.